The number of nitrogen functional groups attached to an aromatic ring is 1. The van der Waals surface area contributed by atoms with Crippen LogP contribution in [0, 0.1) is 6.92 Å². The maximum Gasteiger partial charge on any atom is 0.238 e. The normalized spacial score (nSPS) is 15.0. The van der Waals surface area contributed by atoms with Gasteiger partial charge in [0.1, 0.15) is 0 Å². The molecule has 0 heterocycles. The molecule has 0 bridgehead atoms. The lowest BCUT2D eigenvalue weighted by molar-refractivity contribution is 0.179. The largest absolute Gasteiger partial charge is 0.399 e. The van der Waals surface area contributed by atoms with E-state index in [2.05, 4.69) is 5.32 Å². The van der Waals surface area contributed by atoms with Gasteiger partial charge in [0, 0.05) is 17.4 Å². The molecule has 2 unspecified atom stereocenters. The van der Waals surface area contributed by atoms with Crippen LogP contribution in [0.3, 0.4) is 0 Å². The van der Waals surface area contributed by atoms with Crippen LogP contribution in [0.5, 0.6) is 0 Å². The first-order valence-electron chi connectivity index (χ1n) is 5.98. The van der Waals surface area contributed by atoms with E-state index in [4.69, 9.17) is 10.9 Å². The number of primary sulfonamides is 1. The lowest BCUT2D eigenvalue weighted by Gasteiger charge is -2.20. The SMILES string of the molecule is Cc1c(NC(C)CC(C)O)cc(N)cc1S(N)(=O)=O. The molecule has 2 atom stereocenters. The molecule has 0 aliphatic rings. The van der Waals surface area contributed by atoms with Crippen LogP contribution in [0.25, 0.3) is 0 Å². The first kappa shape index (κ1) is 15.7. The monoisotopic (exact) mass is 287 g/mol. The van der Waals surface area contributed by atoms with Gasteiger partial charge in [-0.05, 0) is 44.9 Å². The summed E-state index contributed by atoms with van der Waals surface area (Å²) in [6.07, 6.45) is 0.0976. The molecule has 19 heavy (non-hydrogen) atoms. The fourth-order valence-corrected chi connectivity index (χ4v) is 2.83. The number of hydrogen-bond acceptors (Lipinski definition) is 5. The van der Waals surface area contributed by atoms with E-state index in [9.17, 15) is 13.5 Å². The molecular formula is C12H21N3O3S. The van der Waals surface area contributed by atoms with Gasteiger partial charge in [-0.3, -0.25) is 0 Å². The molecule has 1 aromatic rings. The van der Waals surface area contributed by atoms with Crippen LogP contribution in [-0.4, -0.2) is 25.7 Å². The smallest absolute Gasteiger partial charge is 0.238 e. The highest BCUT2D eigenvalue weighted by Gasteiger charge is 2.16. The summed E-state index contributed by atoms with van der Waals surface area (Å²) in [6, 6.07) is 2.98. The summed E-state index contributed by atoms with van der Waals surface area (Å²) in [4.78, 5) is 0.0132. The van der Waals surface area contributed by atoms with Crippen LogP contribution in [0.4, 0.5) is 11.4 Å². The molecule has 0 aliphatic carbocycles. The van der Waals surface area contributed by atoms with Crippen molar-refractivity contribution in [1.29, 1.82) is 0 Å². The Morgan fingerprint density at radius 3 is 2.42 bits per heavy atom. The van der Waals surface area contributed by atoms with Crippen LogP contribution in [0.2, 0.25) is 0 Å². The summed E-state index contributed by atoms with van der Waals surface area (Å²) in [5, 5.41) is 17.6. The van der Waals surface area contributed by atoms with Gasteiger partial charge in [-0.2, -0.15) is 0 Å². The van der Waals surface area contributed by atoms with Crippen LogP contribution in [0.15, 0.2) is 17.0 Å². The van der Waals surface area contributed by atoms with Gasteiger partial charge in [-0.25, -0.2) is 13.6 Å². The maximum atomic E-state index is 11.5. The Kier molecular flexibility index (Phi) is 4.78. The summed E-state index contributed by atoms with van der Waals surface area (Å²) in [5.74, 6) is 0. The van der Waals surface area contributed by atoms with E-state index >= 15 is 0 Å². The van der Waals surface area contributed by atoms with Crippen molar-refractivity contribution in [2.75, 3.05) is 11.1 Å². The van der Waals surface area contributed by atoms with Gasteiger partial charge < -0.3 is 16.2 Å². The molecule has 6 nitrogen and oxygen atoms in total. The molecule has 0 aromatic heterocycles. The zero-order valence-corrected chi connectivity index (χ0v) is 12.2. The third kappa shape index (κ3) is 4.38. The van der Waals surface area contributed by atoms with E-state index in [0.717, 1.165) is 0 Å². The van der Waals surface area contributed by atoms with Gasteiger partial charge in [0.25, 0.3) is 0 Å². The molecule has 0 radical (unpaired) electrons. The molecule has 6 N–H and O–H groups in total. The zero-order valence-electron chi connectivity index (χ0n) is 11.3. The fourth-order valence-electron chi connectivity index (χ4n) is 1.99. The molecule has 1 aromatic carbocycles. The van der Waals surface area contributed by atoms with Gasteiger partial charge in [-0.1, -0.05) is 0 Å². The van der Waals surface area contributed by atoms with Crippen molar-refractivity contribution >= 4 is 21.4 Å². The minimum Gasteiger partial charge on any atom is -0.399 e. The summed E-state index contributed by atoms with van der Waals surface area (Å²) < 4.78 is 23.0. The van der Waals surface area contributed by atoms with E-state index in [1.54, 1.807) is 19.9 Å². The third-order valence-electron chi connectivity index (χ3n) is 2.79. The predicted molar refractivity (Wildman–Crippen MR) is 76.3 cm³/mol. The number of aliphatic hydroxyl groups is 1. The van der Waals surface area contributed by atoms with Gasteiger partial charge >= 0.3 is 0 Å². The zero-order chi connectivity index (χ0) is 14.8. The number of aliphatic hydroxyl groups excluding tert-OH is 1. The van der Waals surface area contributed by atoms with E-state index < -0.39 is 16.1 Å². The average molecular weight is 287 g/mol. The van der Waals surface area contributed by atoms with Gasteiger partial charge in [0.05, 0.1) is 11.0 Å². The highest BCUT2D eigenvalue weighted by molar-refractivity contribution is 7.89. The third-order valence-corrected chi connectivity index (χ3v) is 3.82. The average Bonchev–Trinajstić information content (AvgIpc) is 2.19. The van der Waals surface area contributed by atoms with Crippen molar-refractivity contribution in [3.8, 4) is 0 Å². The van der Waals surface area contributed by atoms with E-state index in [1.807, 2.05) is 6.92 Å². The van der Waals surface area contributed by atoms with Crippen molar-refractivity contribution in [3.05, 3.63) is 17.7 Å². The summed E-state index contributed by atoms with van der Waals surface area (Å²) in [6.45, 7) is 5.25. The Balaban J connectivity index is 3.12. The standard InChI is InChI=1S/C12H21N3O3S/c1-7(4-8(2)16)15-11-5-10(13)6-12(9(11)3)19(14,17)18/h5-8,15-16H,4,13H2,1-3H3,(H2,14,17,18). The number of hydrogen-bond donors (Lipinski definition) is 4. The molecule has 0 aliphatic heterocycles. The van der Waals surface area contributed by atoms with Gasteiger partial charge in [0.2, 0.25) is 10.0 Å². The van der Waals surface area contributed by atoms with Crippen molar-refractivity contribution in [2.45, 2.75) is 44.2 Å². The van der Waals surface area contributed by atoms with Crippen molar-refractivity contribution < 1.29 is 13.5 Å². The number of anilines is 2. The molecule has 0 saturated heterocycles. The minimum atomic E-state index is -3.81. The lowest BCUT2D eigenvalue weighted by Crippen LogP contribution is -2.22. The minimum absolute atomic E-state index is 0.0132. The number of benzene rings is 1. The van der Waals surface area contributed by atoms with Crippen LogP contribution in [0.1, 0.15) is 25.8 Å². The number of nitrogens with one attached hydrogen (secondary N) is 1. The highest BCUT2D eigenvalue weighted by atomic mass is 32.2. The Hall–Kier alpha value is -1.31. The fraction of sp³-hybridized carbons (Fsp3) is 0.500. The van der Waals surface area contributed by atoms with Crippen LogP contribution >= 0.6 is 0 Å². The van der Waals surface area contributed by atoms with Crippen LogP contribution in [-0.2, 0) is 10.0 Å². The molecule has 0 fully saturated rings. The Morgan fingerprint density at radius 2 is 1.95 bits per heavy atom. The Bertz CT molecular complexity index is 556. The number of rotatable bonds is 5. The second-order valence-corrected chi connectivity index (χ2v) is 6.40. The molecule has 0 amide bonds. The number of nitrogens with two attached hydrogens (primary N) is 2. The molecular weight excluding hydrogens is 266 g/mol. The Labute approximate surface area is 113 Å². The van der Waals surface area contributed by atoms with Gasteiger partial charge in [-0.15, -0.1) is 0 Å². The predicted octanol–water partition coefficient (Wildman–Crippen LogP) is 0.796. The summed E-state index contributed by atoms with van der Waals surface area (Å²) >= 11 is 0. The molecule has 0 saturated carbocycles. The summed E-state index contributed by atoms with van der Waals surface area (Å²) in [7, 11) is -3.81. The number of sulfonamides is 1. The molecule has 7 heteroatoms. The summed E-state index contributed by atoms with van der Waals surface area (Å²) in [5.41, 5.74) is 7.14. The van der Waals surface area contributed by atoms with Crippen molar-refractivity contribution in [2.24, 2.45) is 5.14 Å². The lowest BCUT2D eigenvalue weighted by atomic mass is 10.1. The van der Waals surface area contributed by atoms with E-state index in [1.165, 1.54) is 6.07 Å². The quantitative estimate of drug-likeness (QED) is 0.597. The first-order chi connectivity index (χ1) is 8.61. The van der Waals surface area contributed by atoms with Crippen molar-refractivity contribution in [3.63, 3.8) is 0 Å². The first-order valence-corrected chi connectivity index (χ1v) is 7.53. The Morgan fingerprint density at radius 1 is 1.37 bits per heavy atom. The second kappa shape index (κ2) is 5.77. The maximum absolute atomic E-state index is 11.5. The topological polar surface area (TPSA) is 118 Å². The van der Waals surface area contributed by atoms with Crippen LogP contribution < -0.4 is 16.2 Å². The van der Waals surface area contributed by atoms with E-state index in [0.29, 0.717) is 23.4 Å². The second-order valence-electron chi connectivity index (χ2n) is 4.87. The van der Waals surface area contributed by atoms with E-state index in [-0.39, 0.29) is 10.9 Å². The molecule has 1 rings (SSSR count). The molecule has 108 valence electrons. The molecule has 0 spiro atoms. The van der Waals surface area contributed by atoms with Gasteiger partial charge in [0.15, 0.2) is 0 Å². The van der Waals surface area contributed by atoms with Crippen molar-refractivity contribution in [1.82, 2.24) is 0 Å². The highest BCUT2D eigenvalue weighted by Crippen LogP contribution is 2.27.